The lowest BCUT2D eigenvalue weighted by Gasteiger charge is -2.41. The zero-order valence-corrected chi connectivity index (χ0v) is 12.8. The van der Waals surface area contributed by atoms with Crippen molar-refractivity contribution in [3.8, 4) is 0 Å². The van der Waals surface area contributed by atoms with Crippen LogP contribution >= 0.6 is 0 Å². The Morgan fingerprint density at radius 1 is 1.05 bits per heavy atom. The summed E-state index contributed by atoms with van der Waals surface area (Å²) in [7, 11) is 0. The van der Waals surface area contributed by atoms with Crippen molar-refractivity contribution in [2.45, 2.75) is 53.4 Å². The topological polar surface area (TPSA) is 0 Å². The van der Waals surface area contributed by atoms with Gasteiger partial charge in [-0.05, 0) is 67.9 Å². The summed E-state index contributed by atoms with van der Waals surface area (Å²) in [5, 5.41) is 0. The van der Waals surface area contributed by atoms with Crippen LogP contribution in [0.25, 0.3) is 5.57 Å². The molecule has 2 aliphatic carbocycles. The Morgan fingerprint density at radius 3 is 2.42 bits per heavy atom. The van der Waals surface area contributed by atoms with Gasteiger partial charge in [0.2, 0.25) is 0 Å². The van der Waals surface area contributed by atoms with E-state index in [4.69, 9.17) is 0 Å². The molecule has 1 aromatic carbocycles. The van der Waals surface area contributed by atoms with E-state index < -0.39 is 0 Å². The van der Waals surface area contributed by atoms with Gasteiger partial charge in [-0.25, -0.2) is 0 Å². The van der Waals surface area contributed by atoms with Gasteiger partial charge in [0.15, 0.2) is 0 Å². The molecular weight excluding hydrogens is 228 g/mol. The Balaban J connectivity index is 1.95. The molecule has 0 heterocycles. The third-order valence-corrected chi connectivity index (χ3v) is 6.02. The van der Waals surface area contributed by atoms with E-state index in [0.29, 0.717) is 5.41 Å². The second-order valence-electron chi connectivity index (χ2n) is 7.19. The van der Waals surface area contributed by atoms with Crippen LogP contribution < -0.4 is 0 Å². The molecule has 3 atom stereocenters. The van der Waals surface area contributed by atoms with Crippen LogP contribution in [0.4, 0.5) is 0 Å². The van der Waals surface area contributed by atoms with Gasteiger partial charge < -0.3 is 0 Å². The van der Waals surface area contributed by atoms with Crippen LogP contribution in [-0.2, 0) is 0 Å². The molecule has 0 aliphatic heterocycles. The van der Waals surface area contributed by atoms with Gasteiger partial charge in [-0.2, -0.15) is 0 Å². The maximum atomic E-state index is 2.53. The Labute approximate surface area is 117 Å². The monoisotopic (exact) mass is 254 g/mol. The maximum Gasteiger partial charge on any atom is -0.0225 e. The minimum absolute atomic E-state index is 0.568. The molecule has 0 bridgehead atoms. The van der Waals surface area contributed by atoms with Crippen molar-refractivity contribution >= 4 is 5.57 Å². The summed E-state index contributed by atoms with van der Waals surface area (Å²) in [5.41, 5.74) is 6.66. The molecule has 2 aliphatic rings. The first-order valence-electron chi connectivity index (χ1n) is 7.76. The van der Waals surface area contributed by atoms with Crippen molar-refractivity contribution in [2.75, 3.05) is 0 Å². The number of hydrogen-bond donors (Lipinski definition) is 0. The van der Waals surface area contributed by atoms with Crippen molar-refractivity contribution in [3.63, 3.8) is 0 Å². The van der Waals surface area contributed by atoms with Crippen LogP contribution in [0.2, 0.25) is 0 Å². The predicted octanol–water partition coefficient (Wildman–Crippen LogP) is 5.61. The third-order valence-electron chi connectivity index (χ3n) is 6.02. The van der Waals surface area contributed by atoms with Crippen LogP contribution in [0.1, 0.15) is 57.6 Å². The fourth-order valence-corrected chi connectivity index (χ4v) is 4.38. The lowest BCUT2D eigenvalue weighted by molar-refractivity contribution is 0.162. The number of hydrogen-bond acceptors (Lipinski definition) is 0. The Kier molecular flexibility index (Phi) is 3.08. The number of allylic oxidation sites excluding steroid dienone is 2. The van der Waals surface area contributed by atoms with Gasteiger partial charge in [0.05, 0.1) is 0 Å². The molecule has 0 radical (unpaired) electrons. The fourth-order valence-electron chi connectivity index (χ4n) is 4.38. The van der Waals surface area contributed by atoms with E-state index in [-0.39, 0.29) is 0 Å². The number of aryl methyl sites for hydroxylation is 1. The summed E-state index contributed by atoms with van der Waals surface area (Å²) in [4.78, 5) is 0. The molecule has 0 saturated heterocycles. The van der Waals surface area contributed by atoms with Crippen molar-refractivity contribution in [1.82, 2.24) is 0 Å². The number of benzene rings is 1. The summed E-state index contributed by atoms with van der Waals surface area (Å²) in [6.07, 6.45) is 5.47. The molecule has 0 amide bonds. The number of rotatable bonds is 1. The molecule has 1 aromatic rings. The second kappa shape index (κ2) is 4.51. The van der Waals surface area contributed by atoms with E-state index in [1.54, 1.807) is 11.1 Å². The molecule has 0 heteroatoms. The van der Waals surface area contributed by atoms with E-state index in [9.17, 15) is 0 Å². The highest BCUT2D eigenvalue weighted by Crippen LogP contribution is 2.57. The summed E-state index contributed by atoms with van der Waals surface area (Å²) in [5.74, 6) is 1.80. The quantitative estimate of drug-likeness (QED) is 0.610. The van der Waals surface area contributed by atoms with Gasteiger partial charge in [-0.3, -0.25) is 0 Å². The smallest absolute Gasteiger partial charge is 0.0225 e. The zero-order valence-electron chi connectivity index (χ0n) is 12.8. The van der Waals surface area contributed by atoms with E-state index in [0.717, 1.165) is 11.8 Å². The summed E-state index contributed by atoms with van der Waals surface area (Å²) >= 11 is 0. The highest BCUT2D eigenvalue weighted by atomic mass is 14.5. The predicted molar refractivity (Wildman–Crippen MR) is 83.0 cm³/mol. The molecular formula is C19H26. The average molecular weight is 254 g/mol. The van der Waals surface area contributed by atoms with Gasteiger partial charge in [0.1, 0.15) is 0 Å². The van der Waals surface area contributed by atoms with Gasteiger partial charge in [0, 0.05) is 0 Å². The summed E-state index contributed by atoms with van der Waals surface area (Å²) < 4.78 is 0. The second-order valence-corrected chi connectivity index (χ2v) is 7.19. The Bertz CT molecular complexity index is 505. The molecule has 3 unspecified atom stereocenters. The first-order valence-corrected chi connectivity index (χ1v) is 7.76. The minimum atomic E-state index is 0.568. The molecule has 0 spiro atoms. The first kappa shape index (κ1) is 13.0. The highest BCUT2D eigenvalue weighted by molar-refractivity contribution is 5.70. The van der Waals surface area contributed by atoms with Crippen molar-refractivity contribution in [2.24, 2.45) is 17.3 Å². The van der Waals surface area contributed by atoms with E-state index in [1.807, 2.05) is 0 Å². The molecule has 3 rings (SSSR count). The van der Waals surface area contributed by atoms with Crippen LogP contribution in [0.15, 0.2) is 29.8 Å². The van der Waals surface area contributed by atoms with Crippen molar-refractivity contribution in [1.29, 1.82) is 0 Å². The molecule has 1 saturated carbocycles. The SMILES string of the molecule is CC1=C(c2ccc(C)cc2)CC2CCC(C)C2(C)C1. The van der Waals surface area contributed by atoms with E-state index in [2.05, 4.69) is 52.0 Å². The standard InChI is InChI=1S/C19H26/c1-13-5-8-16(9-6-13)18-11-17-10-7-15(3)19(17,4)12-14(18)2/h5-6,8-9,15,17H,7,10-12H2,1-4H3. The molecule has 1 fully saturated rings. The zero-order chi connectivity index (χ0) is 13.6. The van der Waals surface area contributed by atoms with Crippen LogP contribution in [0, 0.1) is 24.2 Å². The summed E-state index contributed by atoms with van der Waals surface area (Å²) in [6.45, 7) is 9.53. The Hall–Kier alpha value is -1.04. The lowest BCUT2D eigenvalue weighted by atomic mass is 9.63. The Morgan fingerprint density at radius 2 is 1.74 bits per heavy atom. The first-order chi connectivity index (χ1) is 9.00. The van der Waals surface area contributed by atoms with Crippen LogP contribution in [0.5, 0.6) is 0 Å². The molecule has 0 nitrogen and oxygen atoms in total. The molecule has 102 valence electrons. The fraction of sp³-hybridized carbons (Fsp3) is 0.579. The van der Waals surface area contributed by atoms with Gasteiger partial charge in [-0.1, -0.05) is 49.2 Å². The van der Waals surface area contributed by atoms with Crippen molar-refractivity contribution in [3.05, 3.63) is 41.0 Å². The average Bonchev–Trinajstić information content (AvgIpc) is 2.65. The van der Waals surface area contributed by atoms with Gasteiger partial charge in [0.25, 0.3) is 0 Å². The molecule has 0 N–H and O–H groups in total. The summed E-state index contributed by atoms with van der Waals surface area (Å²) in [6, 6.07) is 9.13. The van der Waals surface area contributed by atoms with Crippen LogP contribution in [-0.4, -0.2) is 0 Å². The largest absolute Gasteiger partial charge is 0.0689 e. The lowest BCUT2D eigenvalue weighted by Crippen LogP contribution is -2.31. The van der Waals surface area contributed by atoms with Crippen LogP contribution in [0.3, 0.4) is 0 Å². The minimum Gasteiger partial charge on any atom is -0.0689 e. The maximum absolute atomic E-state index is 2.53. The number of fused-ring (bicyclic) bond motifs is 1. The molecule has 19 heavy (non-hydrogen) atoms. The van der Waals surface area contributed by atoms with Gasteiger partial charge in [-0.15, -0.1) is 0 Å². The normalized spacial score (nSPS) is 34.5. The van der Waals surface area contributed by atoms with Crippen molar-refractivity contribution < 1.29 is 0 Å². The van der Waals surface area contributed by atoms with E-state index >= 15 is 0 Å². The van der Waals surface area contributed by atoms with E-state index in [1.165, 1.54) is 36.8 Å². The highest BCUT2D eigenvalue weighted by Gasteiger charge is 2.46. The van der Waals surface area contributed by atoms with Gasteiger partial charge >= 0.3 is 0 Å². The molecule has 0 aromatic heterocycles. The third kappa shape index (κ3) is 2.06.